The van der Waals surface area contributed by atoms with Gasteiger partial charge in [-0.15, -0.1) is 0 Å². The third-order valence-corrected chi connectivity index (χ3v) is 8.11. The zero-order valence-electron chi connectivity index (χ0n) is 17.3. The van der Waals surface area contributed by atoms with Gasteiger partial charge in [-0.2, -0.15) is 5.26 Å². The van der Waals surface area contributed by atoms with Gasteiger partial charge in [0.15, 0.2) is 0 Å². The number of nitriles is 1. The molecule has 2 atom stereocenters. The number of hydrogen-bond donors (Lipinski definition) is 1. The molecule has 1 saturated heterocycles. The maximum absolute atomic E-state index is 13.4. The van der Waals surface area contributed by atoms with Crippen molar-refractivity contribution in [1.29, 1.82) is 10.0 Å². The summed E-state index contributed by atoms with van der Waals surface area (Å²) in [6.07, 6.45) is 4.11. The molecule has 1 aromatic heterocycles. The Hall–Kier alpha value is -3.24. The zero-order valence-corrected chi connectivity index (χ0v) is 18.2. The van der Waals surface area contributed by atoms with Crippen molar-refractivity contribution in [3.63, 3.8) is 0 Å². The van der Waals surface area contributed by atoms with Crippen LogP contribution in [0.2, 0.25) is 0 Å². The van der Waals surface area contributed by atoms with Crippen molar-refractivity contribution < 1.29 is 4.21 Å². The average molecular weight is 430 g/mol. The third-order valence-electron chi connectivity index (χ3n) is 6.25. The van der Waals surface area contributed by atoms with E-state index >= 15 is 0 Å². The highest BCUT2D eigenvalue weighted by Crippen LogP contribution is 2.35. The first-order chi connectivity index (χ1) is 15.0. The Balaban J connectivity index is 1.58. The molecule has 0 bridgehead atoms. The van der Waals surface area contributed by atoms with Gasteiger partial charge in [0.05, 0.1) is 27.1 Å². The molecule has 2 aromatic carbocycles. The summed E-state index contributed by atoms with van der Waals surface area (Å²) in [7, 11) is -3.20. The van der Waals surface area contributed by atoms with E-state index in [-0.39, 0.29) is 0 Å². The second kappa shape index (κ2) is 7.47. The standard InChI is InChI=1S/C24H23N5OS/c1-16-12-13-29(16)24-27-22-7-3-6-21(22)23(28-24)18-4-2-5-20(14-18)31(26,30)19-10-8-17(15-25)9-11-19/h2,4-5,8-11,14,16,26H,3,6-7,12-13H2,1H3/t16-,31?/m0/s1. The van der Waals surface area contributed by atoms with Gasteiger partial charge in [-0.05, 0) is 69.0 Å². The van der Waals surface area contributed by atoms with Gasteiger partial charge in [0, 0.05) is 29.4 Å². The lowest BCUT2D eigenvalue weighted by atomic mass is 10.0. The minimum absolute atomic E-state index is 0.395. The van der Waals surface area contributed by atoms with Crippen LogP contribution in [0.15, 0.2) is 58.3 Å². The van der Waals surface area contributed by atoms with Gasteiger partial charge < -0.3 is 4.90 Å². The van der Waals surface area contributed by atoms with Crippen LogP contribution in [0.3, 0.4) is 0 Å². The number of hydrogen-bond acceptors (Lipinski definition) is 6. The van der Waals surface area contributed by atoms with E-state index in [1.807, 2.05) is 18.2 Å². The van der Waals surface area contributed by atoms with E-state index < -0.39 is 9.73 Å². The number of aromatic nitrogens is 2. The second-order valence-electron chi connectivity index (χ2n) is 8.20. The monoisotopic (exact) mass is 429 g/mol. The van der Waals surface area contributed by atoms with Gasteiger partial charge in [0.25, 0.3) is 0 Å². The molecule has 6 nitrogen and oxygen atoms in total. The van der Waals surface area contributed by atoms with Crippen LogP contribution >= 0.6 is 0 Å². The van der Waals surface area contributed by atoms with Crippen LogP contribution < -0.4 is 4.90 Å². The number of benzene rings is 2. The summed E-state index contributed by atoms with van der Waals surface area (Å²) in [6, 6.07) is 16.3. The van der Waals surface area contributed by atoms with E-state index in [0.29, 0.717) is 21.4 Å². The SMILES string of the molecule is C[C@H]1CCN1c1nc2c(c(-c3cccc(S(=N)(=O)c4ccc(C#N)cc4)c3)n1)CCC2. The van der Waals surface area contributed by atoms with Crippen LogP contribution in [0.5, 0.6) is 0 Å². The Bertz CT molecular complexity index is 1310. The van der Waals surface area contributed by atoms with Gasteiger partial charge in [-0.25, -0.2) is 19.0 Å². The molecule has 1 unspecified atom stereocenters. The Morgan fingerprint density at radius 1 is 1.13 bits per heavy atom. The Morgan fingerprint density at radius 3 is 2.61 bits per heavy atom. The summed E-state index contributed by atoms with van der Waals surface area (Å²) in [5.74, 6) is 0.776. The molecule has 1 N–H and O–H groups in total. The first-order valence-electron chi connectivity index (χ1n) is 10.5. The lowest BCUT2D eigenvalue weighted by Gasteiger charge is -2.39. The quantitative estimate of drug-likeness (QED) is 0.656. The molecule has 156 valence electrons. The molecule has 2 heterocycles. The van der Waals surface area contributed by atoms with E-state index in [2.05, 4.69) is 17.9 Å². The molecule has 1 fully saturated rings. The van der Waals surface area contributed by atoms with Crippen molar-refractivity contribution in [2.75, 3.05) is 11.4 Å². The zero-order chi connectivity index (χ0) is 21.6. The first kappa shape index (κ1) is 19.7. The van der Waals surface area contributed by atoms with Crippen LogP contribution in [0.25, 0.3) is 11.3 Å². The summed E-state index contributed by atoms with van der Waals surface area (Å²) in [5, 5.41) is 9.00. The normalized spacial score (nSPS) is 19.2. The fourth-order valence-electron chi connectivity index (χ4n) is 4.28. The summed E-state index contributed by atoms with van der Waals surface area (Å²) >= 11 is 0. The number of aryl methyl sites for hydroxylation is 1. The summed E-state index contributed by atoms with van der Waals surface area (Å²) < 4.78 is 22.1. The molecule has 3 aromatic rings. The van der Waals surface area contributed by atoms with Crippen LogP contribution in [-0.2, 0) is 22.6 Å². The maximum atomic E-state index is 13.4. The molecule has 5 rings (SSSR count). The van der Waals surface area contributed by atoms with E-state index in [4.69, 9.17) is 20.0 Å². The lowest BCUT2D eigenvalue weighted by Crippen LogP contribution is -2.46. The molecule has 0 spiro atoms. The maximum Gasteiger partial charge on any atom is 0.226 e. The van der Waals surface area contributed by atoms with Crippen LogP contribution in [0.4, 0.5) is 5.95 Å². The molecule has 0 radical (unpaired) electrons. The summed E-state index contributed by atoms with van der Waals surface area (Å²) in [6.45, 7) is 3.16. The van der Waals surface area contributed by atoms with Crippen molar-refractivity contribution in [3.05, 3.63) is 65.4 Å². The Morgan fingerprint density at radius 2 is 1.94 bits per heavy atom. The van der Waals surface area contributed by atoms with Crippen LogP contribution in [0, 0.1) is 16.1 Å². The molecule has 0 amide bonds. The van der Waals surface area contributed by atoms with E-state index in [0.717, 1.165) is 55.1 Å². The van der Waals surface area contributed by atoms with Crippen LogP contribution in [0.1, 0.15) is 36.6 Å². The fourth-order valence-corrected chi connectivity index (χ4v) is 5.63. The number of anilines is 1. The highest BCUT2D eigenvalue weighted by molar-refractivity contribution is 7.92. The molecule has 1 aliphatic heterocycles. The Labute approximate surface area is 182 Å². The van der Waals surface area contributed by atoms with Crippen molar-refractivity contribution in [2.45, 2.75) is 48.4 Å². The van der Waals surface area contributed by atoms with Gasteiger partial charge in [-0.3, -0.25) is 0 Å². The third kappa shape index (κ3) is 3.37. The minimum atomic E-state index is -3.20. The first-order valence-corrected chi connectivity index (χ1v) is 12.1. The van der Waals surface area contributed by atoms with E-state index in [9.17, 15) is 4.21 Å². The second-order valence-corrected chi connectivity index (χ2v) is 10.3. The van der Waals surface area contributed by atoms with Crippen molar-refractivity contribution in [1.82, 2.24) is 9.97 Å². The highest BCUT2D eigenvalue weighted by atomic mass is 32.2. The minimum Gasteiger partial charge on any atom is -0.338 e. The van der Waals surface area contributed by atoms with Crippen molar-refractivity contribution in [3.8, 4) is 17.3 Å². The number of fused-ring (bicyclic) bond motifs is 1. The van der Waals surface area contributed by atoms with E-state index in [1.165, 1.54) is 5.56 Å². The summed E-state index contributed by atoms with van der Waals surface area (Å²) in [5.41, 5.74) is 4.54. The fraction of sp³-hybridized carbons (Fsp3) is 0.292. The highest BCUT2D eigenvalue weighted by Gasteiger charge is 2.29. The average Bonchev–Trinajstić information content (AvgIpc) is 3.26. The largest absolute Gasteiger partial charge is 0.338 e. The lowest BCUT2D eigenvalue weighted by molar-refractivity contribution is 0.470. The smallest absolute Gasteiger partial charge is 0.226 e. The number of nitrogens with one attached hydrogen (secondary N) is 1. The van der Waals surface area contributed by atoms with Gasteiger partial charge >= 0.3 is 0 Å². The summed E-state index contributed by atoms with van der Waals surface area (Å²) in [4.78, 5) is 12.8. The molecular weight excluding hydrogens is 406 g/mol. The van der Waals surface area contributed by atoms with Gasteiger partial charge in [0.1, 0.15) is 9.73 Å². The van der Waals surface area contributed by atoms with Crippen molar-refractivity contribution in [2.24, 2.45) is 0 Å². The van der Waals surface area contributed by atoms with Crippen molar-refractivity contribution >= 4 is 15.7 Å². The molecule has 0 saturated carbocycles. The molecule has 31 heavy (non-hydrogen) atoms. The van der Waals surface area contributed by atoms with E-state index in [1.54, 1.807) is 30.3 Å². The molecule has 7 heteroatoms. The number of rotatable bonds is 4. The van der Waals surface area contributed by atoms with Gasteiger partial charge in [0.2, 0.25) is 5.95 Å². The molecular formula is C24H23N5OS. The predicted molar refractivity (Wildman–Crippen MR) is 119 cm³/mol. The number of nitrogens with zero attached hydrogens (tertiary/aromatic N) is 4. The topological polar surface area (TPSA) is 93.7 Å². The predicted octanol–water partition coefficient (Wildman–Crippen LogP) is 4.57. The van der Waals surface area contributed by atoms with Crippen LogP contribution in [-0.4, -0.2) is 26.8 Å². The molecule has 2 aliphatic rings. The molecule has 1 aliphatic carbocycles. The van der Waals surface area contributed by atoms with Gasteiger partial charge in [-0.1, -0.05) is 12.1 Å². The Kier molecular flexibility index (Phi) is 4.75.